The van der Waals surface area contributed by atoms with Crippen molar-refractivity contribution in [3.05, 3.63) is 0 Å². The van der Waals surface area contributed by atoms with Crippen LogP contribution in [0.5, 0.6) is 0 Å². The summed E-state index contributed by atoms with van der Waals surface area (Å²) in [7, 11) is 3.01. The summed E-state index contributed by atoms with van der Waals surface area (Å²) in [6.07, 6.45) is -0.198. The molecule has 0 unspecified atom stereocenters. The van der Waals surface area contributed by atoms with Crippen LogP contribution in [0.25, 0.3) is 0 Å². The molecule has 0 spiro atoms. The molecule has 0 aromatic carbocycles. The Labute approximate surface area is 64.8 Å². The maximum Gasteiger partial charge on any atom is 0.305 e. The number of nitrogens with one attached hydrogen (secondary N) is 2. The molecular weight excluding hydrogens is 148 g/mol. The highest BCUT2D eigenvalue weighted by Gasteiger charge is 2.17. The lowest BCUT2D eigenvalue weighted by Crippen LogP contribution is -2.42. The van der Waals surface area contributed by atoms with Crippen LogP contribution in [-0.4, -0.2) is 37.1 Å². The van der Waals surface area contributed by atoms with E-state index in [2.05, 4.69) is 10.6 Å². The maximum absolute atomic E-state index is 10.8. The molecular formula is C6H12N2O3. The number of carboxylic acids is 1. The van der Waals surface area contributed by atoms with Gasteiger partial charge in [-0.3, -0.25) is 9.59 Å². The Morgan fingerprint density at radius 1 is 1.45 bits per heavy atom. The van der Waals surface area contributed by atoms with Crippen molar-refractivity contribution >= 4 is 11.9 Å². The van der Waals surface area contributed by atoms with E-state index in [0.717, 1.165) is 0 Å². The fourth-order valence-corrected chi connectivity index (χ4v) is 0.675. The molecule has 0 aliphatic carbocycles. The third kappa shape index (κ3) is 3.57. The van der Waals surface area contributed by atoms with E-state index in [4.69, 9.17) is 5.11 Å². The number of carbonyl (C=O) groups is 2. The second-order valence-electron chi connectivity index (χ2n) is 2.05. The number of likely N-dealkylation sites (N-methyl/N-ethyl adjacent to an activating group) is 2. The van der Waals surface area contributed by atoms with E-state index in [9.17, 15) is 9.59 Å². The summed E-state index contributed by atoms with van der Waals surface area (Å²) >= 11 is 0. The van der Waals surface area contributed by atoms with E-state index in [-0.39, 0.29) is 12.3 Å². The van der Waals surface area contributed by atoms with Crippen LogP contribution in [0.1, 0.15) is 6.42 Å². The molecule has 0 aromatic heterocycles. The van der Waals surface area contributed by atoms with Crippen LogP contribution in [-0.2, 0) is 9.59 Å². The molecule has 1 amide bonds. The summed E-state index contributed by atoms with van der Waals surface area (Å²) in [6, 6.07) is -0.641. The Bertz CT molecular complexity index is 158. The van der Waals surface area contributed by atoms with Crippen molar-refractivity contribution in [3.63, 3.8) is 0 Å². The lowest BCUT2D eigenvalue weighted by atomic mass is 10.2. The Hall–Kier alpha value is -1.10. The summed E-state index contributed by atoms with van der Waals surface area (Å²) < 4.78 is 0. The van der Waals surface area contributed by atoms with Crippen LogP contribution in [0.3, 0.4) is 0 Å². The molecule has 0 heterocycles. The minimum atomic E-state index is -0.993. The average Bonchev–Trinajstić information content (AvgIpc) is 1.98. The summed E-state index contributed by atoms with van der Waals surface area (Å²) in [5.74, 6) is -1.30. The predicted molar refractivity (Wildman–Crippen MR) is 39.2 cm³/mol. The van der Waals surface area contributed by atoms with Gasteiger partial charge in [0.15, 0.2) is 0 Å². The molecule has 0 saturated carbocycles. The van der Waals surface area contributed by atoms with Crippen LogP contribution in [0.2, 0.25) is 0 Å². The monoisotopic (exact) mass is 160 g/mol. The topological polar surface area (TPSA) is 78.4 Å². The van der Waals surface area contributed by atoms with Gasteiger partial charge in [-0.05, 0) is 7.05 Å². The van der Waals surface area contributed by atoms with E-state index in [1.165, 1.54) is 7.05 Å². The van der Waals surface area contributed by atoms with Crippen molar-refractivity contribution in [3.8, 4) is 0 Å². The largest absolute Gasteiger partial charge is 0.481 e. The smallest absolute Gasteiger partial charge is 0.305 e. The molecule has 3 N–H and O–H groups in total. The van der Waals surface area contributed by atoms with Gasteiger partial charge >= 0.3 is 5.97 Å². The summed E-state index contributed by atoms with van der Waals surface area (Å²) in [4.78, 5) is 21.0. The summed E-state index contributed by atoms with van der Waals surface area (Å²) in [6.45, 7) is 0. The minimum absolute atomic E-state index is 0.198. The first kappa shape index (κ1) is 9.90. The Balaban J connectivity index is 3.94. The first-order chi connectivity index (χ1) is 5.11. The zero-order valence-electron chi connectivity index (χ0n) is 6.55. The van der Waals surface area contributed by atoms with Crippen LogP contribution in [0, 0.1) is 0 Å². The standard InChI is InChI=1S/C6H12N2O3/c1-7-4(3-5(9)10)6(11)8-2/h4,7H,3H2,1-2H3,(H,8,11)(H,9,10)/t4-/m0/s1. The van der Waals surface area contributed by atoms with Gasteiger partial charge in [-0.25, -0.2) is 0 Å². The van der Waals surface area contributed by atoms with Crippen molar-refractivity contribution in [2.24, 2.45) is 0 Å². The maximum atomic E-state index is 10.8. The van der Waals surface area contributed by atoms with Crippen molar-refractivity contribution in [2.45, 2.75) is 12.5 Å². The van der Waals surface area contributed by atoms with Crippen LogP contribution in [0.15, 0.2) is 0 Å². The molecule has 0 aromatic rings. The van der Waals surface area contributed by atoms with Gasteiger partial charge in [-0.15, -0.1) is 0 Å². The van der Waals surface area contributed by atoms with Crippen molar-refractivity contribution in [2.75, 3.05) is 14.1 Å². The molecule has 64 valence electrons. The highest BCUT2D eigenvalue weighted by Crippen LogP contribution is 1.90. The lowest BCUT2D eigenvalue weighted by Gasteiger charge is -2.10. The second-order valence-corrected chi connectivity index (χ2v) is 2.05. The molecule has 11 heavy (non-hydrogen) atoms. The van der Waals surface area contributed by atoms with E-state index < -0.39 is 12.0 Å². The van der Waals surface area contributed by atoms with E-state index in [1.807, 2.05) is 0 Å². The third-order valence-corrected chi connectivity index (χ3v) is 1.29. The zero-order chi connectivity index (χ0) is 8.85. The zero-order valence-corrected chi connectivity index (χ0v) is 6.55. The molecule has 0 fully saturated rings. The molecule has 5 heteroatoms. The number of rotatable bonds is 4. The number of hydrogen-bond donors (Lipinski definition) is 3. The van der Waals surface area contributed by atoms with Crippen LogP contribution in [0.4, 0.5) is 0 Å². The van der Waals surface area contributed by atoms with Gasteiger partial charge in [-0.2, -0.15) is 0 Å². The van der Waals surface area contributed by atoms with E-state index in [0.29, 0.717) is 0 Å². The normalized spacial score (nSPS) is 12.2. The van der Waals surface area contributed by atoms with Gasteiger partial charge in [0.05, 0.1) is 12.5 Å². The fourth-order valence-electron chi connectivity index (χ4n) is 0.675. The molecule has 0 aliphatic rings. The van der Waals surface area contributed by atoms with Crippen molar-refractivity contribution in [1.82, 2.24) is 10.6 Å². The minimum Gasteiger partial charge on any atom is -0.481 e. The quantitative estimate of drug-likeness (QED) is 0.482. The Morgan fingerprint density at radius 3 is 2.27 bits per heavy atom. The molecule has 1 atom stereocenters. The van der Waals surface area contributed by atoms with Crippen molar-refractivity contribution in [1.29, 1.82) is 0 Å². The molecule has 0 radical (unpaired) electrons. The van der Waals surface area contributed by atoms with Gasteiger partial charge in [0.2, 0.25) is 5.91 Å². The van der Waals surface area contributed by atoms with Gasteiger partial charge in [0.25, 0.3) is 0 Å². The number of hydrogen-bond acceptors (Lipinski definition) is 3. The first-order valence-electron chi connectivity index (χ1n) is 3.22. The predicted octanol–water partition coefficient (Wildman–Crippen LogP) is -1.20. The van der Waals surface area contributed by atoms with Crippen LogP contribution >= 0.6 is 0 Å². The SMILES string of the molecule is CNC(=O)[C@H](CC(=O)O)NC. The number of carbonyl (C=O) groups excluding carboxylic acids is 1. The molecule has 0 saturated heterocycles. The highest BCUT2D eigenvalue weighted by molar-refractivity contribution is 5.85. The number of aliphatic carboxylic acids is 1. The third-order valence-electron chi connectivity index (χ3n) is 1.29. The first-order valence-corrected chi connectivity index (χ1v) is 3.22. The molecule has 5 nitrogen and oxygen atoms in total. The van der Waals surface area contributed by atoms with Crippen LogP contribution < -0.4 is 10.6 Å². The molecule has 0 aliphatic heterocycles. The number of carboxylic acid groups (broad SMARTS) is 1. The Morgan fingerprint density at radius 2 is 2.00 bits per heavy atom. The van der Waals surface area contributed by atoms with E-state index >= 15 is 0 Å². The number of amides is 1. The lowest BCUT2D eigenvalue weighted by molar-refractivity contribution is -0.139. The average molecular weight is 160 g/mol. The van der Waals surface area contributed by atoms with E-state index in [1.54, 1.807) is 7.05 Å². The highest BCUT2D eigenvalue weighted by atomic mass is 16.4. The van der Waals surface area contributed by atoms with Gasteiger partial charge in [0, 0.05) is 7.05 Å². The Kier molecular flexibility index (Phi) is 4.21. The van der Waals surface area contributed by atoms with Crippen molar-refractivity contribution < 1.29 is 14.7 Å². The fraction of sp³-hybridized carbons (Fsp3) is 0.667. The summed E-state index contributed by atoms with van der Waals surface area (Å²) in [5, 5.41) is 13.3. The van der Waals surface area contributed by atoms with Gasteiger partial charge in [-0.1, -0.05) is 0 Å². The summed E-state index contributed by atoms with van der Waals surface area (Å²) in [5.41, 5.74) is 0. The molecule has 0 bridgehead atoms. The molecule has 0 rings (SSSR count). The van der Waals surface area contributed by atoms with Gasteiger partial charge < -0.3 is 15.7 Å². The second kappa shape index (κ2) is 4.68. The van der Waals surface area contributed by atoms with Gasteiger partial charge in [0.1, 0.15) is 0 Å².